The van der Waals surface area contributed by atoms with E-state index < -0.39 is 0 Å². The second-order valence-electron chi connectivity index (χ2n) is 7.96. The van der Waals surface area contributed by atoms with Crippen molar-refractivity contribution >= 4 is 17.2 Å². The van der Waals surface area contributed by atoms with Gasteiger partial charge in [0.2, 0.25) is 0 Å². The molecule has 25 heavy (non-hydrogen) atoms. The summed E-state index contributed by atoms with van der Waals surface area (Å²) in [6.45, 7) is 7.50. The molecule has 0 atom stereocenters. The van der Waals surface area contributed by atoms with Gasteiger partial charge in [-0.3, -0.25) is 10.1 Å². The molecule has 2 saturated carbocycles. The second kappa shape index (κ2) is 7.54. The Labute approximate surface area is 150 Å². The average molecular weight is 343 g/mol. The highest BCUT2D eigenvalue weighted by molar-refractivity contribution is 5.89. The first-order chi connectivity index (χ1) is 12.0. The van der Waals surface area contributed by atoms with Crippen LogP contribution < -0.4 is 0 Å². The van der Waals surface area contributed by atoms with Crippen molar-refractivity contribution in [2.45, 2.75) is 65.3 Å². The van der Waals surface area contributed by atoms with Crippen molar-refractivity contribution in [1.82, 2.24) is 4.90 Å². The molecule has 0 unspecified atom stereocenters. The number of non-ortho nitro benzene ring substituents is 1. The van der Waals surface area contributed by atoms with Crippen molar-refractivity contribution in [3.05, 3.63) is 33.9 Å². The summed E-state index contributed by atoms with van der Waals surface area (Å²) in [6.07, 6.45) is 7.58. The van der Waals surface area contributed by atoms with Gasteiger partial charge in [0.05, 0.1) is 10.6 Å². The molecule has 5 heteroatoms. The van der Waals surface area contributed by atoms with Gasteiger partial charge < -0.3 is 4.90 Å². The molecule has 0 spiro atoms. The predicted molar refractivity (Wildman–Crippen MR) is 101 cm³/mol. The molecular weight excluding hydrogens is 314 g/mol. The lowest BCUT2D eigenvalue weighted by Crippen LogP contribution is -2.42. The van der Waals surface area contributed by atoms with Crippen LogP contribution in [-0.4, -0.2) is 28.2 Å². The SMILES string of the molecule is Cc1cc([N+](=O)[O-])ccc1N=C(C1CC1)N(CC(C)C)C1CCCC1. The first-order valence-corrected chi connectivity index (χ1v) is 9.56. The number of nitro groups is 1. The number of aliphatic imine (C=N–C) groups is 1. The average Bonchev–Trinajstić information content (AvgIpc) is 3.25. The summed E-state index contributed by atoms with van der Waals surface area (Å²) in [6, 6.07) is 5.61. The zero-order valence-electron chi connectivity index (χ0n) is 15.6. The van der Waals surface area contributed by atoms with Gasteiger partial charge in [0.15, 0.2) is 0 Å². The summed E-state index contributed by atoms with van der Waals surface area (Å²) in [5, 5.41) is 11.0. The molecule has 0 radical (unpaired) electrons. The largest absolute Gasteiger partial charge is 0.357 e. The van der Waals surface area contributed by atoms with Crippen LogP contribution in [-0.2, 0) is 0 Å². The molecule has 1 aromatic carbocycles. The Morgan fingerprint density at radius 3 is 2.48 bits per heavy atom. The van der Waals surface area contributed by atoms with E-state index in [-0.39, 0.29) is 10.6 Å². The minimum Gasteiger partial charge on any atom is -0.357 e. The van der Waals surface area contributed by atoms with Gasteiger partial charge in [-0.05, 0) is 50.2 Å². The maximum absolute atomic E-state index is 11.0. The number of aryl methyl sites for hydroxylation is 1. The number of hydrogen-bond donors (Lipinski definition) is 0. The summed E-state index contributed by atoms with van der Waals surface area (Å²) >= 11 is 0. The second-order valence-corrected chi connectivity index (χ2v) is 7.96. The number of amidine groups is 1. The maximum Gasteiger partial charge on any atom is 0.269 e. The Kier molecular flexibility index (Phi) is 5.40. The van der Waals surface area contributed by atoms with Crippen molar-refractivity contribution in [2.24, 2.45) is 16.8 Å². The lowest BCUT2D eigenvalue weighted by molar-refractivity contribution is -0.384. The van der Waals surface area contributed by atoms with Gasteiger partial charge in [0.1, 0.15) is 5.84 Å². The Bertz CT molecular complexity index is 659. The lowest BCUT2D eigenvalue weighted by Gasteiger charge is -2.34. The number of nitro benzene ring substituents is 1. The molecule has 0 amide bonds. The molecule has 3 rings (SSSR count). The standard InChI is InChI=1S/C20H29N3O2/c1-14(2)13-22(17-6-4-5-7-17)20(16-8-9-16)21-19-11-10-18(23(24)25)12-15(19)3/h10-12,14,16-17H,4-9,13H2,1-3H3. The highest BCUT2D eigenvalue weighted by Crippen LogP contribution is 2.37. The third-order valence-electron chi connectivity index (χ3n) is 5.19. The molecule has 0 heterocycles. The molecule has 0 aliphatic heterocycles. The van der Waals surface area contributed by atoms with Crippen LogP contribution in [0.15, 0.2) is 23.2 Å². The van der Waals surface area contributed by atoms with Crippen LogP contribution in [0.3, 0.4) is 0 Å². The summed E-state index contributed by atoms with van der Waals surface area (Å²) < 4.78 is 0. The first kappa shape index (κ1) is 17.9. The normalized spacial score (nSPS) is 18.8. The molecule has 2 fully saturated rings. The van der Waals surface area contributed by atoms with Gasteiger partial charge in [0, 0.05) is 30.6 Å². The molecule has 2 aliphatic carbocycles. The van der Waals surface area contributed by atoms with Crippen molar-refractivity contribution in [1.29, 1.82) is 0 Å². The van der Waals surface area contributed by atoms with Gasteiger partial charge in [-0.15, -0.1) is 0 Å². The fourth-order valence-electron chi connectivity index (χ4n) is 3.77. The molecule has 0 saturated heterocycles. The van der Waals surface area contributed by atoms with Crippen LogP contribution in [0.25, 0.3) is 0 Å². The highest BCUT2D eigenvalue weighted by Gasteiger charge is 2.35. The quantitative estimate of drug-likeness (QED) is 0.307. The van der Waals surface area contributed by atoms with Gasteiger partial charge in [-0.2, -0.15) is 0 Å². The van der Waals surface area contributed by atoms with Crippen LogP contribution >= 0.6 is 0 Å². The van der Waals surface area contributed by atoms with Crippen molar-refractivity contribution in [2.75, 3.05) is 6.54 Å². The third-order valence-corrected chi connectivity index (χ3v) is 5.19. The minimum absolute atomic E-state index is 0.138. The van der Waals surface area contributed by atoms with Crippen molar-refractivity contribution < 1.29 is 4.92 Å². The van der Waals surface area contributed by atoms with Crippen molar-refractivity contribution in [3.63, 3.8) is 0 Å². The number of benzene rings is 1. The Morgan fingerprint density at radius 1 is 1.28 bits per heavy atom. The van der Waals surface area contributed by atoms with E-state index in [1.807, 2.05) is 6.92 Å². The zero-order chi connectivity index (χ0) is 18.0. The lowest BCUT2D eigenvalue weighted by atomic mass is 10.1. The molecule has 0 bridgehead atoms. The van der Waals surface area contributed by atoms with Crippen LogP contribution in [0.1, 0.15) is 57.9 Å². The van der Waals surface area contributed by atoms with E-state index in [0.717, 1.165) is 17.8 Å². The maximum atomic E-state index is 11.0. The summed E-state index contributed by atoms with van der Waals surface area (Å²) in [4.78, 5) is 18.2. The number of hydrogen-bond acceptors (Lipinski definition) is 3. The molecule has 1 aromatic rings. The highest BCUT2D eigenvalue weighted by atomic mass is 16.6. The van der Waals surface area contributed by atoms with Crippen LogP contribution in [0, 0.1) is 28.9 Å². The molecule has 0 N–H and O–H groups in total. The smallest absolute Gasteiger partial charge is 0.269 e. The first-order valence-electron chi connectivity index (χ1n) is 9.56. The van der Waals surface area contributed by atoms with Crippen LogP contribution in [0.4, 0.5) is 11.4 Å². The van der Waals surface area contributed by atoms with E-state index in [9.17, 15) is 10.1 Å². The van der Waals surface area contributed by atoms with Crippen LogP contribution in [0.5, 0.6) is 0 Å². The topological polar surface area (TPSA) is 58.7 Å². The van der Waals surface area contributed by atoms with E-state index in [1.54, 1.807) is 18.2 Å². The van der Waals surface area contributed by atoms with Gasteiger partial charge >= 0.3 is 0 Å². The van der Waals surface area contributed by atoms with E-state index in [1.165, 1.54) is 44.4 Å². The fourth-order valence-corrected chi connectivity index (χ4v) is 3.77. The van der Waals surface area contributed by atoms with E-state index in [2.05, 4.69) is 18.7 Å². The third kappa shape index (κ3) is 4.39. The molecule has 136 valence electrons. The Morgan fingerprint density at radius 2 is 1.96 bits per heavy atom. The number of rotatable bonds is 6. The summed E-state index contributed by atoms with van der Waals surface area (Å²) in [5.41, 5.74) is 1.89. The summed E-state index contributed by atoms with van der Waals surface area (Å²) in [7, 11) is 0. The fraction of sp³-hybridized carbons (Fsp3) is 0.650. The molecular formula is C20H29N3O2. The molecule has 5 nitrogen and oxygen atoms in total. The van der Waals surface area contributed by atoms with Crippen molar-refractivity contribution in [3.8, 4) is 0 Å². The van der Waals surface area contributed by atoms with E-state index in [4.69, 9.17) is 4.99 Å². The van der Waals surface area contributed by atoms with Gasteiger partial charge in [-0.1, -0.05) is 26.7 Å². The monoisotopic (exact) mass is 343 g/mol. The van der Waals surface area contributed by atoms with Crippen LogP contribution in [0.2, 0.25) is 0 Å². The van der Waals surface area contributed by atoms with Gasteiger partial charge in [-0.25, -0.2) is 4.99 Å². The van der Waals surface area contributed by atoms with E-state index >= 15 is 0 Å². The number of nitrogens with zero attached hydrogens (tertiary/aromatic N) is 3. The predicted octanol–water partition coefficient (Wildman–Crippen LogP) is 5.24. The Balaban J connectivity index is 1.93. The minimum atomic E-state index is -0.341. The molecule has 2 aliphatic rings. The Hall–Kier alpha value is -1.91. The molecule has 0 aromatic heterocycles. The van der Waals surface area contributed by atoms with Gasteiger partial charge in [0.25, 0.3) is 5.69 Å². The van der Waals surface area contributed by atoms with E-state index in [0.29, 0.717) is 17.9 Å². The zero-order valence-corrected chi connectivity index (χ0v) is 15.6. The summed E-state index contributed by atoms with van der Waals surface area (Å²) in [5.74, 6) is 2.38.